The van der Waals surface area contributed by atoms with E-state index in [0.29, 0.717) is 30.4 Å². The largest absolute Gasteiger partial charge is 0.486 e. The number of rotatable bonds is 4. The molecule has 1 heterocycles. The number of hydrogen-bond acceptors (Lipinski definition) is 4. The third-order valence-electron chi connectivity index (χ3n) is 4.08. The van der Waals surface area contributed by atoms with Crippen LogP contribution in [0.4, 0.5) is 5.69 Å². The first-order valence-electron chi connectivity index (χ1n) is 8.20. The molecule has 0 spiro atoms. The molecule has 1 aliphatic rings. The number of nitrogens with one attached hydrogen (secondary N) is 1. The molecule has 0 saturated carbocycles. The van der Waals surface area contributed by atoms with Gasteiger partial charge in [-0.25, -0.2) is 8.42 Å². The Morgan fingerprint density at radius 2 is 1.46 bits per heavy atom. The van der Waals surface area contributed by atoms with Crippen LogP contribution in [0.1, 0.15) is 0 Å². The molecule has 26 heavy (non-hydrogen) atoms. The molecule has 0 fully saturated rings. The minimum Gasteiger partial charge on any atom is -0.486 e. The van der Waals surface area contributed by atoms with E-state index in [1.807, 2.05) is 42.5 Å². The summed E-state index contributed by atoms with van der Waals surface area (Å²) in [7, 11) is -3.76. The second-order valence-corrected chi connectivity index (χ2v) is 7.50. The van der Waals surface area contributed by atoms with Gasteiger partial charge in [-0.2, -0.15) is 0 Å². The van der Waals surface area contributed by atoms with E-state index in [2.05, 4.69) is 4.72 Å². The van der Waals surface area contributed by atoms with Crippen LogP contribution in [-0.4, -0.2) is 21.6 Å². The zero-order valence-corrected chi connectivity index (χ0v) is 14.7. The number of sulfonamides is 1. The van der Waals surface area contributed by atoms with Crippen molar-refractivity contribution in [2.75, 3.05) is 17.9 Å². The van der Waals surface area contributed by atoms with Crippen molar-refractivity contribution < 1.29 is 17.9 Å². The Morgan fingerprint density at radius 1 is 0.769 bits per heavy atom. The smallest absolute Gasteiger partial charge is 0.262 e. The van der Waals surface area contributed by atoms with E-state index in [0.717, 1.165) is 11.1 Å². The summed E-state index contributed by atoms with van der Waals surface area (Å²) in [5.74, 6) is 0.996. The number of hydrogen-bond donors (Lipinski definition) is 1. The molecule has 1 aliphatic heterocycles. The third kappa shape index (κ3) is 3.23. The van der Waals surface area contributed by atoms with Gasteiger partial charge in [0.1, 0.15) is 13.2 Å². The molecule has 0 unspecified atom stereocenters. The molecule has 0 aliphatic carbocycles. The summed E-state index contributed by atoms with van der Waals surface area (Å²) in [6.45, 7) is 0.864. The molecule has 0 radical (unpaired) electrons. The van der Waals surface area contributed by atoms with Crippen molar-refractivity contribution in [3.05, 3.63) is 72.8 Å². The first-order chi connectivity index (χ1) is 12.6. The third-order valence-corrected chi connectivity index (χ3v) is 5.44. The normalized spacial score (nSPS) is 13.2. The van der Waals surface area contributed by atoms with Gasteiger partial charge in [0, 0.05) is 11.6 Å². The van der Waals surface area contributed by atoms with Crippen molar-refractivity contribution >= 4 is 15.7 Å². The summed E-state index contributed by atoms with van der Waals surface area (Å²) < 4.78 is 39.3. The van der Waals surface area contributed by atoms with E-state index in [9.17, 15) is 8.42 Å². The molecular formula is C20H17NO4S. The van der Waals surface area contributed by atoms with Crippen LogP contribution in [0.5, 0.6) is 11.5 Å². The lowest BCUT2D eigenvalue weighted by atomic mass is 10.0. The zero-order chi connectivity index (χ0) is 18.0. The van der Waals surface area contributed by atoms with E-state index in [4.69, 9.17) is 9.47 Å². The van der Waals surface area contributed by atoms with Gasteiger partial charge in [0.05, 0.1) is 10.6 Å². The Morgan fingerprint density at radius 3 is 2.27 bits per heavy atom. The highest BCUT2D eigenvalue weighted by molar-refractivity contribution is 7.92. The maximum atomic E-state index is 12.9. The van der Waals surface area contributed by atoms with Crippen LogP contribution < -0.4 is 14.2 Å². The summed E-state index contributed by atoms with van der Waals surface area (Å²) in [6, 6.07) is 21.6. The van der Waals surface area contributed by atoms with Crippen LogP contribution in [0.3, 0.4) is 0 Å². The first kappa shape index (κ1) is 16.5. The predicted molar refractivity (Wildman–Crippen MR) is 100 cm³/mol. The molecule has 5 nitrogen and oxygen atoms in total. The number of anilines is 1. The Hall–Kier alpha value is -2.99. The van der Waals surface area contributed by atoms with Crippen LogP contribution in [0.15, 0.2) is 77.7 Å². The van der Waals surface area contributed by atoms with Crippen molar-refractivity contribution in [3.8, 4) is 22.6 Å². The molecule has 1 N–H and O–H groups in total. The Bertz CT molecular complexity index is 1030. The lowest BCUT2D eigenvalue weighted by Crippen LogP contribution is -2.17. The number of para-hydroxylation sites is 1. The summed E-state index contributed by atoms with van der Waals surface area (Å²) in [6.07, 6.45) is 0. The average Bonchev–Trinajstić information content (AvgIpc) is 2.68. The maximum absolute atomic E-state index is 12.9. The minimum absolute atomic E-state index is 0.129. The van der Waals surface area contributed by atoms with E-state index in [-0.39, 0.29) is 4.90 Å². The Labute approximate surface area is 152 Å². The number of fused-ring (bicyclic) bond motifs is 1. The first-order valence-corrected chi connectivity index (χ1v) is 9.69. The topological polar surface area (TPSA) is 64.6 Å². The highest BCUT2D eigenvalue weighted by Gasteiger charge is 2.20. The SMILES string of the molecule is O=S(=O)(Nc1ccccc1-c1ccccc1)c1ccc2c(c1)OCCO2. The van der Waals surface area contributed by atoms with Crippen molar-refractivity contribution in [1.29, 1.82) is 0 Å². The number of benzene rings is 3. The lowest BCUT2D eigenvalue weighted by molar-refractivity contribution is 0.171. The van der Waals surface area contributed by atoms with Crippen LogP contribution in [0.25, 0.3) is 11.1 Å². The van der Waals surface area contributed by atoms with Crippen molar-refractivity contribution in [2.45, 2.75) is 4.90 Å². The van der Waals surface area contributed by atoms with Gasteiger partial charge in [0.25, 0.3) is 10.0 Å². The lowest BCUT2D eigenvalue weighted by Gasteiger charge is -2.19. The minimum atomic E-state index is -3.76. The Balaban J connectivity index is 1.69. The van der Waals surface area contributed by atoms with Gasteiger partial charge in [0.15, 0.2) is 11.5 Å². The van der Waals surface area contributed by atoms with Crippen molar-refractivity contribution in [2.24, 2.45) is 0 Å². The highest BCUT2D eigenvalue weighted by Crippen LogP contribution is 2.34. The molecule has 0 bridgehead atoms. The van der Waals surface area contributed by atoms with Crippen LogP contribution >= 0.6 is 0 Å². The van der Waals surface area contributed by atoms with Gasteiger partial charge >= 0.3 is 0 Å². The van der Waals surface area contributed by atoms with Gasteiger partial charge in [0.2, 0.25) is 0 Å². The van der Waals surface area contributed by atoms with Crippen LogP contribution in [-0.2, 0) is 10.0 Å². The predicted octanol–water partition coefficient (Wildman–Crippen LogP) is 3.93. The van der Waals surface area contributed by atoms with Gasteiger partial charge < -0.3 is 9.47 Å². The molecule has 0 saturated heterocycles. The van der Waals surface area contributed by atoms with Gasteiger partial charge in [-0.3, -0.25) is 4.72 Å². The molecule has 4 rings (SSSR count). The summed E-state index contributed by atoms with van der Waals surface area (Å²) in [4.78, 5) is 0.129. The summed E-state index contributed by atoms with van der Waals surface area (Å²) in [5, 5.41) is 0. The quantitative estimate of drug-likeness (QED) is 0.759. The fourth-order valence-corrected chi connectivity index (χ4v) is 3.93. The molecule has 0 aromatic heterocycles. The molecule has 3 aromatic rings. The monoisotopic (exact) mass is 367 g/mol. The fourth-order valence-electron chi connectivity index (χ4n) is 2.84. The van der Waals surface area contributed by atoms with Crippen LogP contribution in [0.2, 0.25) is 0 Å². The molecule has 0 amide bonds. The summed E-state index contributed by atoms with van der Waals surface area (Å²) in [5.41, 5.74) is 2.27. The van der Waals surface area contributed by atoms with E-state index < -0.39 is 10.0 Å². The molecule has 6 heteroatoms. The second-order valence-electron chi connectivity index (χ2n) is 5.82. The molecule has 0 atom stereocenters. The standard InChI is InChI=1S/C20H17NO4S/c22-26(23,16-10-11-19-20(14-16)25-13-12-24-19)21-18-9-5-4-8-17(18)15-6-2-1-3-7-15/h1-11,14,21H,12-13H2. The van der Waals surface area contributed by atoms with E-state index >= 15 is 0 Å². The average molecular weight is 367 g/mol. The maximum Gasteiger partial charge on any atom is 0.262 e. The van der Waals surface area contributed by atoms with Crippen molar-refractivity contribution in [3.63, 3.8) is 0 Å². The zero-order valence-electron chi connectivity index (χ0n) is 13.9. The van der Waals surface area contributed by atoms with Gasteiger partial charge in [-0.05, 0) is 23.8 Å². The molecule has 3 aromatic carbocycles. The molecule has 132 valence electrons. The van der Waals surface area contributed by atoms with Gasteiger partial charge in [-0.1, -0.05) is 48.5 Å². The van der Waals surface area contributed by atoms with Crippen LogP contribution in [0, 0.1) is 0 Å². The van der Waals surface area contributed by atoms with Gasteiger partial charge in [-0.15, -0.1) is 0 Å². The fraction of sp³-hybridized carbons (Fsp3) is 0.100. The van der Waals surface area contributed by atoms with Crippen molar-refractivity contribution in [1.82, 2.24) is 0 Å². The van der Waals surface area contributed by atoms with E-state index in [1.165, 1.54) is 12.1 Å². The highest BCUT2D eigenvalue weighted by atomic mass is 32.2. The van der Waals surface area contributed by atoms with E-state index in [1.54, 1.807) is 18.2 Å². The second kappa shape index (κ2) is 6.72. The summed E-state index contributed by atoms with van der Waals surface area (Å²) >= 11 is 0. The molecular weight excluding hydrogens is 350 g/mol. The Kier molecular flexibility index (Phi) is 4.26. The number of ether oxygens (including phenoxy) is 2.